The van der Waals surface area contributed by atoms with Gasteiger partial charge in [-0.25, -0.2) is 0 Å². The van der Waals surface area contributed by atoms with Gasteiger partial charge in [-0.05, 0) is 48.1 Å². The molecule has 2 unspecified atom stereocenters. The van der Waals surface area contributed by atoms with Gasteiger partial charge in [-0.1, -0.05) is 11.6 Å². The Balaban J connectivity index is 2.15. The molecule has 0 saturated heterocycles. The van der Waals surface area contributed by atoms with Crippen molar-refractivity contribution >= 4 is 50.2 Å². The van der Waals surface area contributed by atoms with Gasteiger partial charge in [-0.2, -0.15) is 0 Å². The van der Waals surface area contributed by atoms with Gasteiger partial charge in [-0.3, -0.25) is 4.90 Å². The van der Waals surface area contributed by atoms with Gasteiger partial charge in [0.15, 0.2) is 0 Å². The van der Waals surface area contributed by atoms with E-state index >= 15 is 0 Å². The normalized spacial score (nSPS) is 14.8. The van der Waals surface area contributed by atoms with Crippen LogP contribution in [0.2, 0.25) is 4.34 Å². The number of hydrogen-bond donors (Lipinski definition) is 1. The second-order valence-electron chi connectivity index (χ2n) is 4.59. The molecular formula is C13H16BrClN2S2. The van der Waals surface area contributed by atoms with Crippen LogP contribution in [-0.2, 0) is 6.54 Å². The van der Waals surface area contributed by atoms with E-state index in [9.17, 15) is 0 Å². The van der Waals surface area contributed by atoms with Gasteiger partial charge in [0, 0.05) is 32.2 Å². The van der Waals surface area contributed by atoms with Crippen LogP contribution < -0.4 is 5.73 Å². The molecule has 0 saturated carbocycles. The minimum absolute atomic E-state index is 0.0584. The predicted molar refractivity (Wildman–Crippen MR) is 89.2 cm³/mol. The smallest absolute Gasteiger partial charge is 0.0931 e. The lowest BCUT2D eigenvalue weighted by Gasteiger charge is -2.29. The molecule has 2 heterocycles. The van der Waals surface area contributed by atoms with Gasteiger partial charge in [-0.15, -0.1) is 22.7 Å². The van der Waals surface area contributed by atoms with Crippen molar-refractivity contribution in [3.8, 4) is 0 Å². The van der Waals surface area contributed by atoms with Crippen LogP contribution in [0.1, 0.15) is 22.7 Å². The Morgan fingerprint density at radius 1 is 1.47 bits per heavy atom. The fraction of sp³-hybridized carbons (Fsp3) is 0.385. The highest BCUT2D eigenvalue weighted by atomic mass is 79.9. The zero-order chi connectivity index (χ0) is 14.0. The van der Waals surface area contributed by atoms with Crippen LogP contribution in [0, 0.1) is 0 Å². The zero-order valence-electron chi connectivity index (χ0n) is 10.8. The molecule has 0 aromatic carbocycles. The predicted octanol–water partition coefficient (Wildman–Crippen LogP) is 4.75. The maximum absolute atomic E-state index is 6.15. The lowest BCUT2D eigenvalue weighted by atomic mass is 10.1. The van der Waals surface area contributed by atoms with E-state index in [1.165, 1.54) is 9.75 Å². The van der Waals surface area contributed by atoms with E-state index in [4.69, 9.17) is 17.3 Å². The third-order valence-corrected chi connectivity index (χ3v) is 5.87. The minimum atomic E-state index is 0.0584. The van der Waals surface area contributed by atoms with E-state index in [1.807, 2.05) is 13.0 Å². The van der Waals surface area contributed by atoms with Crippen LogP contribution in [0.15, 0.2) is 28.1 Å². The summed E-state index contributed by atoms with van der Waals surface area (Å²) in [5, 5.41) is 2.10. The monoisotopic (exact) mass is 378 g/mol. The molecule has 0 bridgehead atoms. The van der Waals surface area contributed by atoms with Crippen molar-refractivity contribution in [2.45, 2.75) is 25.6 Å². The Kier molecular flexibility index (Phi) is 5.45. The number of thiophene rings is 2. The summed E-state index contributed by atoms with van der Waals surface area (Å²) < 4.78 is 1.95. The highest BCUT2D eigenvalue weighted by molar-refractivity contribution is 9.10. The van der Waals surface area contributed by atoms with Crippen LogP contribution in [0.3, 0.4) is 0 Å². The van der Waals surface area contributed by atoms with E-state index < -0.39 is 0 Å². The number of halogens is 2. The van der Waals surface area contributed by atoms with Gasteiger partial charge >= 0.3 is 0 Å². The molecule has 2 rings (SSSR count). The van der Waals surface area contributed by atoms with Crippen molar-refractivity contribution < 1.29 is 0 Å². The van der Waals surface area contributed by atoms with Crippen LogP contribution >= 0.6 is 50.2 Å². The fourth-order valence-electron chi connectivity index (χ4n) is 2.15. The third kappa shape index (κ3) is 4.03. The molecule has 2 aromatic heterocycles. The Hall–Kier alpha value is 0.0900. The van der Waals surface area contributed by atoms with E-state index in [2.05, 4.69) is 45.4 Å². The summed E-state index contributed by atoms with van der Waals surface area (Å²) in [7, 11) is 2.11. The maximum Gasteiger partial charge on any atom is 0.0931 e. The number of likely N-dealkylation sites (N-methyl/N-ethyl adjacent to an activating group) is 1. The van der Waals surface area contributed by atoms with Crippen molar-refractivity contribution in [1.82, 2.24) is 4.90 Å². The van der Waals surface area contributed by atoms with Crippen molar-refractivity contribution in [1.29, 1.82) is 0 Å². The van der Waals surface area contributed by atoms with Crippen LogP contribution in [0.5, 0.6) is 0 Å². The number of nitrogens with zero attached hydrogens (tertiary/aromatic N) is 1. The second-order valence-corrected chi connectivity index (χ2v) is 8.25. The van der Waals surface area contributed by atoms with Gasteiger partial charge in [0.1, 0.15) is 0 Å². The standard InChI is InChI=1S/C13H16BrClN2S2/c1-8(16)13(11-3-4-12(15)19-11)17(2)6-10-5-9(14)7-18-10/h3-5,7-8,13H,6,16H2,1-2H3. The lowest BCUT2D eigenvalue weighted by molar-refractivity contribution is 0.216. The van der Waals surface area contributed by atoms with Gasteiger partial charge in [0.25, 0.3) is 0 Å². The summed E-state index contributed by atoms with van der Waals surface area (Å²) in [4.78, 5) is 4.83. The van der Waals surface area contributed by atoms with Crippen molar-refractivity contribution in [2.75, 3.05) is 7.05 Å². The molecule has 2 nitrogen and oxygen atoms in total. The average Bonchev–Trinajstić information content (AvgIpc) is 2.88. The third-order valence-electron chi connectivity index (χ3n) is 2.89. The molecule has 0 amide bonds. The molecule has 2 N–H and O–H groups in total. The Labute approximate surface area is 135 Å². The minimum Gasteiger partial charge on any atom is -0.326 e. The highest BCUT2D eigenvalue weighted by Crippen LogP contribution is 2.33. The highest BCUT2D eigenvalue weighted by Gasteiger charge is 2.23. The fourth-order valence-corrected chi connectivity index (χ4v) is 5.00. The summed E-state index contributed by atoms with van der Waals surface area (Å²) in [6, 6.07) is 6.41. The second kappa shape index (κ2) is 6.70. The lowest BCUT2D eigenvalue weighted by Crippen LogP contribution is -2.36. The van der Waals surface area contributed by atoms with Crippen LogP contribution in [0.25, 0.3) is 0 Å². The summed E-state index contributed by atoms with van der Waals surface area (Å²) in [5.74, 6) is 0. The van der Waals surface area contributed by atoms with E-state index in [-0.39, 0.29) is 12.1 Å². The largest absolute Gasteiger partial charge is 0.326 e. The SMILES string of the molecule is CC(N)C(c1ccc(Cl)s1)N(C)Cc1cc(Br)cs1. The van der Waals surface area contributed by atoms with Crippen molar-refractivity contribution in [3.05, 3.63) is 42.1 Å². The summed E-state index contributed by atoms with van der Waals surface area (Å²) in [6.07, 6.45) is 0. The van der Waals surface area contributed by atoms with Crippen LogP contribution in [-0.4, -0.2) is 18.0 Å². The van der Waals surface area contributed by atoms with E-state index in [0.29, 0.717) is 0 Å². The quantitative estimate of drug-likeness (QED) is 0.812. The van der Waals surface area contributed by atoms with Gasteiger partial charge < -0.3 is 5.73 Å². The van der Waals surface area contributed by atoms with E-state index in [0.717, 1.165) is 15.4 Å². The molecule has 0 aliphatic heterocycles. The average molecular weight is 380 g/mol. The van der Waals surface area contributed by atoms with Gasteiger partial charge in [0.2, 0.25) is 0 Å². The molecule has 0 radical (unpaired) electrons. The summed E-state index contributed by atoms with van der Waals surface area (Å²) in [5.41, 5.74) is 6.15. The topological polar surface area (TPSA) is 29.3 Å². The molecule has 0 spiro atoms. The Morgan fingerprint density at radius 2 is 2.21 bits per heavy atom. The molecule has 0 aliphatic rings. The first kappa shape index (κ1) is 15.5. The first-order valence-electron chi connectivity index (χ1n) is 5.91. The van der Waals surface area contributed by atoms with E-state index in [1.54, 1.807) is 22.7 Å². The molecule has 2 atom stereocenters. The molecule has 19 heavy (non-hydrogen) atoms. The van der Waals surface area contributed by atoms with Gasteiger partial charge in [0.05, 0.1) is 10.4 Å². The zero-order valence-corrected chi connectivity index (χ0v) is 14.7. The molecule has 0 fully saturated rings. The Bertz CT molecular complexity index is 538. The van der Waals surface area contributed by atoms with Crippen molar-refractivity contribution in [2.24, 2.45) is 5.73 Å². The molecule has 0 aliphatic carbocycles. The molecule has 104 valence electrons. The van der Waals surface area contributed by atoms with Crippen molar-refractivity contribution in [3.63, 3.8) is 0 Å². The summed E-state index contributed by atoms with van der Waals surface area (Å²) in [6.45, 7) is 2.93. The maximum atomic E-state index is 6.15. The number of hydrogen-bond acceptors (Lipinski definition) is 4. The number of rotatable bonds is 5. The summed E-state index contributed by atoms with van der Waals surface area (Å²) >= 11 is 12.9. The Morgan fingerprint density at radius 3 is 2.68 bits per heavy atom. The molecule has 6 heteroatoms. The first-order chi connectivity index (χ1) is 8.97. The molecule has 2 aromatic rings. The molecular weight excluding hydrogens is 364 g/mol. The number of nitrogens with two attached hydrogens (primary N) is 1. The first-order valence-corrected chi connectivity index (χ1v) is 8.78. The van der Waals surface area contributed by atoms with Crippen LogP contribution in [0.4, 0.5) is 0 Å².